The standard InChI is InChI=1S/C9H19N3O3S/c1-16(14,15)11-3-2-4-12-7-8(6-10)5-9(12)13/h8,11H,2-7,10H2,1H3. The molecule has 1 amide bonds. The van der Waals surface area contributed by atoms with Gasteiger partial charge in [0, 0.05) is 26.1 Å². The third-order valence-electron chi connectivity index (χ3n) is 2.60. The number of rotatable bonds is 6. The summed E-state index contributed by atoms with van der Waals surface area (Å²) in [4.78, 5) is 13.2. The number of nitrogens with two attached hydrogens (primary N) is 1. The predicted molar refractivity (Wildman–Crippen MR) is 61.2 cm³/mol. The van der Waals surface area contributed by atoms with Crippen LogP contribution in [-0.4, -0.2) is 51.7 Å². The Kier molecular flexibility index (Phi) is 4.69. The molecule has 0 aromatic carbocycles. The molecule has 1 aliphatic heterocycles. The zero-order valence-corrected chi connectivity index (χ0v) is 10.3. The van der Waals surface area contributed by atoms with Gasteiger partial charge in [0.2, 0.25) is 15.9 Å². The molecule has 94 valence electrons. The summed E-state index contributed by atoms with van der Waals surface area (Å²) < 4.78 is 24.0. The SMILES string of the molecule is CS(=O)(=O)NCCCN1CC(CN)CC1=O. The van der Waals surface area contributed by atoms with Crippen molar-refractivity contribution in [1.29, 1.82) is 0 Å². The van der Waals surface area contributed by atoms with E-state index in [1.807, 2.05) is 0 Å². The van der Waals surface area contributed by atoms with Crippen molar-refractivity contribution in [2.24, 2.45) is 11.7 Å². The first-order valence-electron chi connectivity index (χ1n) is 5.35. The Balaban J connectivity index is 2.21. The van der Waals surface area contributed by atoms with Crippen LogP contribution < -0.4 is 10.5 Å². The van der Waals surface area contributed by atoms with Crippen LogP contribution in [0.15, 0.2) is 0 Å². The van der Waals surface area contributed by atoms with E-state index in [1.54, 1.807) is 4.90 Å². The molecular formula is C9H19N3O3S. The minimum Gasteiger partial charge on any atom is -0.342 e. The fourth-order valence-electron chi connectivity index (χ4n) is 1.76. The molecule has 1 saturated heterocycles. The van der Waals surface area contributed by atoms with Crippen LogP contribution >= 0.6 is 0 Å². The average Bonchev–Trinajstić information content (AvgIpc) is 2.53. The zero-order valence-electron chi connectivity index (χ0n) is 9.48. The van der Waals surface area contributed by atoms with Crippen LogP contribution in [0.1, 0.15) is 12.8 Å². The minimum atomic E-state index is -3.12. The second-order valence-corrected chi connectivity index (χ2v) is 6.00. The normalized spacial score (nSPS) is 21.8. The molecule has 0 aromatic rings. The van der Waals surface area contributed by atoms with Gasteiger partial charge < -0.3 is 10.6 Å². The van der Waals surface area contributed by atoms with E-state index >= 15 is 0 Å². The first-order chi connectivity index (χ1) is 7.42. The Morgan fingerprint density at radius 1 is 1.56 bits per heavy atom. The van der Waals surface area contributed by atoms with E-state index < -0.39 is 10.0 Å². The highest BCUT2D eigenvalue weighted by Crippen LogP contribution is 2.16. The van der Waals surface area contributed by atoms with Crippen LogP contribution in [0.5, 0.6) is 0 Å². The van der Waals surface area contributed by atoms with E-state index in [-0.39, 0.29) is 11.8 Å². The molecule has 1 unspecified atom stereocenters. The van der Waals surface area contributed by atoms with Crippen LogP contribution in [0, 0.1) is 5.92 Å². The van der Waals surface area contributed by atoms with Crippen molar-refractivity contribution in [1.82, 2.24) is 9.62 Å². The third-order valence-corrected chi connectivity index (χ3v) is 3.33. The molecule has 1 aliphatic rings. The maximum Gasteiger partial charge on any atom is 0.222 e. The lowest BCUT2D eigenvalue weighted by atomic mass is 10.1. The van der Waals surface area contributed by atoms with Gasteiger partial charge in [-0.3, -0.25) is 4.79 Å². The molecule has 1 rings (SSSR count). The fourth-order valence-corrected chi connectivity index (χ4v) is 2.27. The Bertz CT molecular complexity index is 342. The Labute approximate surface area is 96.2 Å². The second-order valence-electron chi connectivity index (χ2n) is 4.17. The van der Waals surface area contributed by atoms with Crippen molar-refractivity contribution in [2.75, 3.05) is 32.4 Å². The number of amides is 1. The number of carbonyl (C=O) groups excluding carboxylic acids is 1. The molecule has 16 heavy (non-hydrogen) atoms. The van der Waals surface area contributed by atoms with Gasteiger partial charge in [-0.05, 0) is 18.9 Å². The molecule has 0 spiro atoms. The average molecular weight is 249 g/mol. The van der Waals surface area contributed by atoms with Gasteiger partial charge in [-0.1, -0.05) is 0 Å². The van der Waals surface area contributed by atoms with Gasteiger partial charge in [-0.2, -0.15) is 0 Å². The number of nitrogens with zero attached hydrogens (tertiary/aromatic N) is 1. The van der Waals surface area contributed by atoms with Crippen molar-refractivity contribution in [3.05, 3.63) is 0 Å². The van der Waals surface area contributed by atoms with Crippen LogP contribution in [0.25, 0.3) is 0 Å². The van der Waals surface area contributed by atoms with Gasteiger partial charge in [-0.15, -0.1) is 0 Å². The first-order valence-corrected chi connectivity index (χ1v) is 7.24. The van der Waals surface area contributed by atoms with Crippen molar-refractivity contribution in [2.45, 2.75) is 12.8 Å². The smallest absolute Gasteiger partial charge is 0.222 e. The van der Waals surface area contributed by atoms with Crippen molar-refractivity contribution in [3.63, 3.8) is 0 Å². The predicted octanol–water partition coefficient (Wildman–Crippen LogP) is -1.27. The summed E-state index contributed by atoms with van der Waals surface area (Å²) in [5.41, 5.74) is 5.50. The van der Waals surface area contributed by atoms with E-state index in [0.29, 0.717) is 39.0 Å². The molecule has 6 nitrogen and oxygen atoms in total. The van der Waals surface area contributed by atoms with Gasteiger partial charge in [0.05, 0.1) is 6.26 Å². The zero-order chi connectivity index (χ0) is 12.2. The van der Waals surface area contributed by atoms with Crippen LogP contribution in [-0.2, 0) is 14.8 Å². The van der Waals surface area contributed by atoms with Gasteiger partial charge in [0.1, 0.15) is 0 Å². The highest BCUT2D eigenvalue weighted by molar-refractivity contribution is 7.88. The summed E-state index contributed by atoms with van der Waals surface area (Å²) in [6.45, 7) is 2.20. The monoisotopic (exact) mass is 249 g/mol. The Hall–Kier alpha value is -0.660. The molecule has 1 fully saturated rings. The lowest BCUT2D eigenvalue weighted by Gasteiger charge is -2.16. The third kappa shape index (κ3) is 4.46. The summed E-state index contributed by atoms with van der Waals surface area (Å²) in [5, 5.41) is 0. The summed E-state index contributed by atoms with van der Waals surface area (Å²) >= 11 is 0. The van der Waals surface area contributed by atoms with Crippen molar-refractivity contribution >= 4 is 15.9 Å². The van der Waals surface area contributed by atoms with Gasteiger partial charge >= 0.3 is 0 Å². The molecular weight excluding hydrogens is 230 g/mol. The summed E-state index contributed by atoms with van der Waals surface area (Å²) in [6, 6.07) is 0. The molecule has 0 aliphatic carbocycles. The molecule has 7 heteroatoms. The number of hydrogen-bond acceptors (Lipinski definition) is 4. The summed E-state index contributed by atoms with van der Waals surface area (Å²) in [7, 11) is -3.12. The van der Waals surface area contributed by atoms with Crippen LogP contribution in [0.2, 0.25) is 0 Å². The maximum atomic E-state index is 11.5. The molecule has 0 aromatic heterocycles. The minimum absolute atomic E-state index is 0.120. The number of hydrogen-bond donors (Lipinski definition) is 2. The van der Waals surface area contributed by atoms with Gasteiger partial charge in [0.15, 0.2) is 0 Å². The number of sulfonamides is 1. The quantitative estimate of drug-likeness (QED) is 0.574. The van der Waals surface area contributed by atoms with E-state index in [2.05, 4.69) is 4.72 Å². The summed E-state index contributed by atoms with van der Waals surface area (Å²) in [6.07, 6.45) is 2.28. The van der Waals surface area contributed by atoms with Gasteiger partial charge in [0.25, 0.3) is 0 Å². The van der Waals surface area contributed by atoms with Crippen LogP contribution in [0.3, 0.4) is 0 Å². The molecule has 0 bridgehead atoms. The Morgan fingerprint density at radius 2 is 2.25 bits per heavy atom. The second kappa shape index (κ2) is 5.60. The van der Waals surface area contributed by atoms with Crippen molar-refractivity contribution in [3.8, 4) is 0 Å². The molecule has 1 atom stereocenters. The summed E-state index contributed by atoms with van der Waals surface area (Å²) in [5.74, 6) is 0.380. The highest BCUT2D eigenvalue weighted by atomic mass is 32.2. The topological polar surface area (TPSA) is 92.5 Å². The van der Waals surface area contributed by atoms with E-state index in [9.17, 15) is 13.2 Å². The molecule has 3 N–H and O–H groups in total. The largest absolute Gasteiger partial charge is 0.342 e. The highest BCUT2D eigenvalue weighted by Gasteiger charge is 2.27. The maximum absolute atomic E-state index is 11.5. The number of carbonyl (C=O) groups is 1. The molecule has 0 saturated carbocycles. The number of likely N-dealkylation sites (tertiary alicyclic amines) is 1. The van der Waals surface area contributed by atoms with Crippen molar-refractivity contribution < 1.29 is 13.2 Å². The van der Waals surface area contributed by atoms with Gasteiger partial charge in [-0.25, -0.2) is 13.1 Å². The Morgan fingerprint density at radius 3 is 2.75 bits per heavy atom. The van der Waals surface area contributed by atoms with E-state index in [0.717, 1.165) is 6.26 Å². The number of nitrogens with one attached hydrogen (secondary N) is 1. The first kappa shape index (κ1) is 13.4. The lowest BCUT2D eigenvalue weighted by molar-refractivity contribution is -0.127. The van der Waals surface area contributed by atoms with Crippen LogP contribution in [0.4, 0.5) is 0 Å². The lowest BCUT2D eigenvalue weighted by Crippen LogP contribution is -2.31. The van der Waals surface area contributed by atoms with E-state index in [4.69, 9.17) is 5.73 Å². The fraction of sp³-hybridized carbons (Fsp3) is 0.889. The molecule has 1 heterocycles. The van der Waals surface area contributed by atoms with E-state index in [1.165, 1.54) is 0 Å². The molecule has 0 radical (unpaired) electrons.